The Morgan fingerprint density at radius 2 is 1.65 bits per heavy atom. The molecule has 0 fully saturated rings. The maximum absolute atomic E-state index is 12.3. The summed E-state index contributed by atoms with van der Waals surface area (Å²) >= 11 is 0. The van der Waals surface area contributed by atoms with Gasteiger partial charge in [0.05, 0.1) is 6.54 Å². The summed E-state index contributed by atoms with van der Waals surface area (Å²) in [6.07, 6.45) is 4.67. The van der Waals surface area contributed by atoms with Gasteiger partial charge in [0, 0.05) is 12.0 Å². The molecule has 118 valence electrons. The van der Waals surface area contributed by atoms with Crippen LogP contribution in [0.3, 0.4) is 0 Å². The van der Waals surface area contributed by atoms with Gasteiger partial charge in [0.2, 0.25) is 11.6 Å². The third kappa shape index (κ3) is 4.28. The molecule has 3 heteroatoms. The molecule has 2 aromatic rings. The van der Waals surface area contributed by atoms with Gasteiger partial charge in [-0.1, -0.05) is 54.6 Å². The standard InChI is InChI=1S/C20H22N2O/c23-19(15-22-20-9-5-2-6-14-21-20)18-12-10-17(11-13-18)16-7-3-1-4-8-16/h1,3-4,7-8,10-13H,2,5-6,9,14-15H2,(H,21,22)/p+1. The highest BCUT2D eigenvalue weighted by Gasteiger charge is 2.13. The molecule has 2 aromatic carbocycles. The van der Waals surface area contributed by atoms with Crippen molar-refractivity contribution in [3.63, 3.8) is 0 Å². The van der Waals surface area contributed by atoms with Gasteiger partial charge in [0.25, 0.3) is 0 Å². The molecule has 0 radical (unpaired) electrons. The number of rotatable bonds is 4. The molecule has 3 rings (SSSR count). The van der Waals surface area contributed by atoms with Crippen molar-refractivity contribution < 1.29 is 9.79 Å². The Morgan fingerprint density at radius 3 is 2.43 bits per heavy atom. The summed E-state index contributed by atoms with van der Waals surface area (Å²) in [4.78, 5) is 15.7. The van der Waals surface area contributed by atoms with Gasteiger partial charge in [-0.3, -0.25) is 15.1 Å². The Morgan fingerprint density at radius 1 is 0.913 bits per heavy atom. The van der Waals surface area contributed by atoms with E-state index in [0.29, 0.717) is 6.54 Å². The van der Waals surface area contributed by atoms with Crippen LogP contribution in [0.5, 0.6) is 0 Å². The van der Waals surface area contributed by atoms with Gasteiger partial charge in [-0.15, -0.1) is 0 Å². The molecule has 23 heavy (non-hydrogen) atoms. The first-order valence-corrected chi connectivity index (χ1v) is 8.35. The fourth-order valence-corrected chi connectivity index (χ4v) is 2.85. The molecule has 0 saturated carbocycles. The molecule has 0 unspecified atom stereocenters. The third-order valence-corrected chi connectivity index (χ3v) is 4.22. The fraction of sp³-hybridized carbons (Fsp3) is 0.300. The number of carbonyl (C=O) groups excluding carboxylic acids is 1. The molecule has 0 amide bonds. The predicted octanol–water partition coefficient (Wildman–Crippen LogP) is 2.18. The van der Waals surface area contributed by atoms with E-state index in [1.54, 1.807) is 0 Å². The highest BCUT2D eigenvalue weighted by atomic mass is 16.1. The molecular formula is C20H23N2O+. The topological polar surface area (TPSA) is 43.1 Å². The molecule has 0 atom stereocenters. The molecule has 0 aromatic heterocycles. The van der Waals surface area contributed by atoms with Crippen molar-refractivity contribution in [2.24, 2.45) is 0 Å². The van der Waals surface area contributed by atoms with Crippen LogP contribution in [0.1, 0.15) is 36.0 Å². The summed E-state index contributed by atoms with van der Waals surface area (Å²) in [5.74, 6) is 1.24. The van der Waals surface area contributed by atoms with Crippen LogP contribution in [-0.2, 0) is 0 Å². The second-order valence-electron chi connectivity index (χ2n) is 5.94. The van der Waals surface area contributed by atoms with Gasteiger partial charge in [0.15, 0.2) is 0 Å². The van der Waals surface area contributed by atoms with Crippen molar-refractivity contribution in [3.05, 3.63) is 60.2 Å². The lowest BCUT2D eigenvalue weighted by Crippen LogP contribution is -2.75. The second kappa shape index (κ2) is 7.73. The lowest BCUT2D eigenvalue weighted by Gasteiger charge is -2.04. The summed E-state index contributed by atoms with van der Waals surface area (Å²) in [5.41, 5.74) is 3.06. The van der Waals surface area contributed by atoms with Gasteiger partial charge in [-0.25, -0.2) is 0 Å². The van der Waals surface area contributed by atoms with Gasteiger partial charge >= 0.3 is 0 Å². The van der Waals surface area contributed by atoms with Crippen LogP contribution in [0.15, 0.2) is 54.6 Å². The Hall–Kier alpha value is -2.42. The highest BCUT2D eigenvalue weighted by Crippen LogP contribution is 2.19. The molecule has 0 aliphatic carbocycles. The number of carbonyl (C=O) groups is 1. The summed E-state index contributed by atoms with van der Waals surface area (Å²) in [5, 5.41) is 3.26. The first kappa shape index (κ1) is 15.5. The zero-order valence-corrected chi connectivity index (χ0v) is 13.3. The number of hydrogen-bond donors (Lipinski definition) is 2. The molecule has 1 aliphatic rings. The highest BCUT2D eigenvalue weighted by molar-refractivity contribution is 5.99. The van der Waals surface area contributed by atoms with E-state index in [-0.39, 0.29) is 5.78 Å². The molecule has 0 bridgehead atoms. The van der Waals surface area contributed by atoms with Gasteiger partial charge in [0.1, 0.15) is 6.54 Å². The van der Waals surface area contributed by atoms with Crippen molar-refractivity contribution in [2.45, 2.75) is 25.7 Å². The van der Waals surface area contributed by atoms with Crippen LogP contribution in [0.25, 0.3) is 11.1 Å². The van der Waals surface area contributed by atoms with Crippen molar-refractivity contribution >= 4 is 11.6 Å². The maximum Gasteiger partial charge on any atom is 0.242 e. The molecule has 0 spiro atoms. The molecular weight excluding hydrogens is 284 g/mol. The van der Waals surface area contributed by atoms with Gasteiger partial charge in [-0.05, 0) is 30.4 Å². The summed E-state index contributed by atoms with van der Waals surface area (Å²) in [6, 6.07) is 18.1. The van der Waals surface area contributed by atoms with Crippen LogP contribution in [0, 0.1) is 0 Å². The molecule has 2 N–H and O–H groups in total. The SMILES string of the molecule is O=C(CNC1=[NH+]CCCCC1)c1ccc(-c2ccccc2)cc1. The quantitative estimate of drug-likeness (QED) is 0.850. The monoisotopic (exact) mass is 307 g/mol. The van der Waals surface area contributed by atoms with E-state index in [9.17, 15) is 4.79 Å². The number of ketones is 1. The predicted molar refractivity (Wildman–Crippen MR) is 93.5 cm³/mol. The number of nitrogens with one attached hydrogen (secondary N) is 2. The normalized spacial score (nSPS) is 14.7. The van der Waals surface area contributed by atoms with Crippen LogP contribution in [0.4, 0.5) is 0 Å². The minimum Gasteiger partial charge on any atom is -0.290 e. The average Bonchev–Trinajstić information content (AvgIpc) is 2.89. The van der Waals surface area contributed by atoms with E-state index >= 15 is 0 Å². The second-order valence-corrected chi connectivity index (χ2v) is 5.94. The van der Waals surface area contributed by atoms with Crippen molar-refractivity contribution in [1.29, 1.82) is 0 Å². The van der Waals surface area contributed by atoms with E-state index in [1.165, 1.54) is 24.8 Å². The Labute approximate surface area is 137 Å². The van der Waals surface area contributed by atoms with Crippen LogP contribution >= 0.6 is 0 Å². The number of amidine groups is 1. The molecule has 1 aliphatic heterocycles. The van der Waals surface area contributed by atoms with Gasteiger partial charge in [-0.2, -0.15) is 0 Å². The third-order valence-electron chi connectivity index (χ3n) is 4.22. The first-order chi connectivity index (χ1) is 11.3. The van der Waals surface area contributed by atoms with E-state index in [2.05, 4.69) is 22.4 Å². The Kier molecular flexibility index (Phi) is 5.20. The van der Waals surface area contributed by atoms with Crippen LogP contribution in [0.2, 0.25) is 0 Å². The van der Waals surface area contributed by atoms with E-state index < -0.39 is 0 Å². The maximum atomic E-state index is 12.3. The van der Waals surface area contributed by atoms with Crippen LogP contribution < -0.4 is 10.3 Å². The summed E-state index contributed by atoms with van der Waals surface area (Å²) < 4.78 is 0. The van der Waals surface area contributed by atoms with E-state index in [4.69, 9.17) is 0 Å². The lowest BCUT2D eigenvalue weighted by atomic mass is 10.0. The molecule has 3 nitrogen and oxygen atoms in total. The minimum atomic E-state index is 0.128. The minimum absolute atomic E-state index is 0.128. The first-order valence-electron chi connectivity index (χ1n) is 8.35. The number of hydrogen-bond acceptors (Lipinski definition) is 2. The summed E-state index contributed by atoms with van der Waals surface area (Å²) in [6.45, 7) is 1.36. The number of Topliss-reactive ketones (excluding diaryl/α,β-unsaturated/α-hetero) is 1. The fourth-order valence-electron chi connectivity index (χ4n) is 2.85. The van der Waals surface area contributed by atoms with Crippen molar-refractivity contribution in [1.82, 2.24) is 5.32 Å². The van der Waals surface area contributed by atoms with Crippen molar-refractivity contribution in [2.75, 3.05) is 13.1 Å². The zero-order chi connectivity index (χ0) is 15.9. The molecule has 0 saturated heterocycles. The lowest BCUT2D eigenvalue weighted by molar-refractivity contribution is -0.459. The summed E-state index contributed by atoms with van der Waals surface area (Å²) in [7, 11) is 0. The number of benzene rings is 2. The van der Waals surface area contributed by atoms with E-state index in [0.717, 1.165) is 29.9 Å². The zero-order valence-electron chi connectivity index (χ0n) is 13.3. The van der Waals surface area contributed by atoms with Crippen LogP contribution in [-0.4, -0.2) is 24.7 Å². The Bertz CT molecular complexity index is 675. The smallest absolute Gasteiger partial charge is 0.242 e. The largest absolute Gasteiger partial charge is 0.290 e. The Balaban J connectivity index is 1.60. The van der Waals surface area contributed by atoms with E-state index in [1.807, 2.05) is 42.5 Å². The molecule has 1 heterocycles. The average molecular weight is 307 g/mol. The van der Waals surface area contributed by atoms with Crippen molar-refractivity contribution in [3.8, 4) is 11.1 Å². The van der Waals surface area contributed by atoms with Gasteiger partial charge < -0.3 is 0 Å².